The zero-order valence-corrected chi connectivity index (χ0v) is 16.0. The molecule has 1 N–H and O–H groups in total. The molecule has 144 valence electrons. The van der Waals surface area contributed by atoms with Crippen LogP contribution < -0.4 is 10.1 Å². The van der Waals surface area contributed by atoms with Gasteiger partial charge in [-0.2, -0.15) is 0 Å². The molecule has 3 fully saturated rings. The molecule has 2 saturated carbocycles. The highest BCUT2D eigenvalue weighted by molar-refractivity contribution is 5.97. The van der Waals surface area contributed by atoms with E-state index in [1.54, 1.807) is 0 Å². The lowest BCUT2D eigenvalue weighted by Gasteiger charge is -2.23. The number of ether oxygens (including phenoxy) is 2. The van der Waals surface area contributed by atoms with Crippen LogP contribution in [-0.4, -0.2) is 18.0 Å². The van der Waals surface area contributed by atoms with Gasteiger partial charge in [-0.25, -0.2) is 0 Å². The minimum Gasteiger partial charge on any atom is -0.462 e. The third kappa shape index (κ3) is 2.77. The number of esters is 1. The Kier molecular flexibility index (Phi) is 3.93. The van der Waals surface area contributed by atoms with Gasteiger partial charge in [-0.15, -0.1) is 0 Å². The molecule has 1 saturated heterocycles. The maximum Gasteiger partial charge on any atom is 0.310 e. The molecule has 5 rings (SSSR count). The summed E-state index contributed by atoms with van der Waals surface area (Å²) in [5.41, 5.74) is 3.12. The van der Waals surface area contributed by atoms with Gasteiger partial charge in [0.2, 0.25) is 5.91 Å². The van der Waals surface area contributed by atoms with Gasteiger partial charge in [-0.3, -0.25) is 9.59 Å². The molecular weight excluding hydrogens is 354 g/mol. The van der Waals surface area contributed by atoms with Crippen molar-refractivity contribution in [2.45, 2.75) is 32.8 Å². The van der Waals surface area contributed by atoms with Crippen LogP contribution in [0.1, 0.15) is 24.0 Å². The normalized spacial score (nSPS) is 29.6. The number of hydrogen-bond acceptors (Lipinski definition) is 4. The van der Waals surface area contributed by atoms with E-state index >= 15 is 0 Å². The summed E-state index contributed by atoms with van der Waals surface area (Å²) in [6.07, 6.45) is 1.81. The van der Waals surface area contributed by atoms with Crippen LogP contribution in [0.3, 0.4) is 0 Å². The smallest absolute Gasteiger partial charge is 0.310 e. The Morgan fingerprint density at radius 2 is 1.79 bits per heavy atom. The average molecular weight is 377 g/mol. The standard InChI is InChI=1S/C23H23NO4/c1-12-3-6-17(9-13(12)2)27-16-7-4-15(5-8-16)24-22(25)20-14-10-18-19(11-14)28-23(26)21(18)20/h3-9,14,18-21H,10-11H2,1-2H3,(H,24,25)/t14-,18-,19-,20-,21+/m1/s1. The number of carbonyl (C=O) groups is 2. The Labute approximate surface area is 164 Å². The van der Waals surface area contributed by atoms with Crippen LogP contribution in [-0.2, 0) is 14.3 Å². The fourth-order valence-corrected chi connectivity index (χ4v) is 5.11. The number of benzene rings is 2. The summed E-state index contributed by atoms with van der Waals surface area (Å²) in [4.78, 5) is 24.9. The van der Waals surface area contributed by atoms with Gasteiger partial charge in [-0.1, -0.05) is 6.07 Å². The number of anilines is 1. The molecule has 0 unspecified atom stereocenters. The third-order valence-electron chi connectivity index (χ3n) is 6.62. The highest BCUT2D eigenvalue weighted by atomic mass is 16.6. The predicted octanol–water partition coefficient (Wildman–Crippen LogP) is 4.23. The van der Waals surface area contributed by atoms with Crippen LogP contribution >= 0.6 is 0 Å². The van der Waals surface area contributed by atoms with E-state index in [1.165, 1.54) is 11.1 Å². The van der Waals surface area contributed by atoms with Gasteiger partial charge in [-0.05, 0) is 80.1 Å². The molecule has 5 atom stereocenters. The molecule has 2 aromatic rings. The number of fused-ring (bicyclic) bond motifs is 1. The highest BCUT2D eigenvalue weighted by Gasteiger charge is 2.63. The molecule has 0 spiro atoms. The largest absolute Gasteiger partial charge is 0.462 e. The van der Waals surface area contributed by atoms with Gasteiger partial charge in [0.1, 0.15) is 17.6 Å². The zero-order valence-electron chi connectivity index (χ0n) is 16.0. The second-order valence-corrected chi connectivity index (χ2v) is 8.28. The minimum atomic E-state index is -0.261. The van der Waals surface area contributed by atoms with Crippen LogP contribution in [0.2, 0.25) is 0 Å². The number of amides is 1. The number of nitrogens with one attached hydrogen (secondary N) is 1. The number of aryl methyl sites for hydroxylation is 2. The first kappa shape index (κ1) is 17.3. The average Bonchev–Trinajstić information content (AvgIpc) is 3.29. The SMILES string of the molecule is Cc1ccc(Oc2ccc(NC(=O)[C@@H]3[C@@H]4C[C@H]5[C@@H]3C(=O)O[C@@H]5C4)cc2)cc1C. The highest BCUT2D eigenvalue weighted by Crippen LogP contribution is 2.57. The Balaban J connectivity index is 1.26. The fraction of sp³-hybridized carbons (Fsp3) is 0.391. The molecule has 5 nitrogen and oxygen atoms in total. The fourth-order valence-electron chi connectivity index (χ4n) is 5.11. The van der Waals surface area contributed by atoms with Crippen molar-refractivity contribution >= 4 is 17.6 Å². The quantitative estimate of drug-likeness (QED) is 0.810. The lowest BCUT2D eigenvalue weighted by atomic mass is 9.79. The summed E-state index contributed by atoms with van der Waals surface area (Å²) in [6, 6.07) is 13.3. The van der Waals surface area contributed by atoms with Gasteiger partial charge in [0.05, 0.1) is 11.8 Å². The molecule has 0 aromatic heterocycles. The summed E-state index contributed by atoms with van der Waals surface area (Å²) in [5, 5.41) is 2.98. The molecule has 0 radical (unpaired) electrons. The maximum atomic E-state index is 12.8. The lowest BCUT2D eigenvalue weighted by Crippen LogP contribution is -2.35. The van der Waals surface area contributed by atoms with Gasteiger partial charge in [0.15, 0.2) is 0 Å². The molecule has 2 bridgehead atoms. The Hall–Kier alpha value is -2.82. The molecule has 1 heterocycles. The second kappa shape index (κ2) is 6.36. The first-order valence-corrected chi connectivity index (χ1v) is 9.86. The van der Waals surface area contributed by atoms with E-state index in [9.17, 15) is 9.59 Å². The van der Waals surface area contributed by atoms with Crippen molar-refractivity contribution in [2.24, 2.45) is 23.7 Å². The van der Waals surface area contributed by atoms with Crippen molar-refractivity contribution < 1.29 is 19.1 Å². The van der Waals surface area contributed by atoms with Crippen molar-refractivity contribution in [3.63, 3.8) is 0 Å². The van der Waals surface area contributed by atoms with E-state index in [0.717, 1.165) is 18.6 Å². The van der Waals surface area contributed by atoms with E-state index in [2.05, 4.69) is 19.2 Å². The van der Waals surface area contributed by atoms with Crippen molar-refractivity contribution in [1.29, 1.82) is 0 Å². The summed E-state index contributed by atoms with van der Waals surface area (Å²) in [5.74, 6) is 1.23. The zero-order chi connectivity index (χ0) is 19.4. The van der Waals surface area contributed by atoms with E-state index in [-0.39, 0.29) is 41.7 Å². The van der Waals surface area contributed by atoms with Crippen LogP contribution in [0.5, 0.6) is 11.5 Å². The van der Waals surface area contributed by atoms with Gasteiger partial charge >= 0.3 is 5.97 Å². The van der Waals surface area contributed by atoms with E-state index < -0.39 is 0 Å². The topological polar surface area (TPSA) is 64.6 Å². The summed E-state index contributed by atoms with van der Waals surface area (Å²) < 4.78 is 11.3. The van der Waals surface area contributed by atoms with Crippen molar-refractivity contribution in [2.75, 3.05) is 5.32 Å². The Bertz CT molecular complexity index is 950. The number of hydrogen-bond donors (Lipinski definition) is 1. The first-order chi connectivity index (χ1) is 13.5. The molecule has 3 aliphatic rings. The monoisotopic (exact) mass is 377 g/mol. The Morgan fingerprint density at radius 3 is 2.54 bits per heavy atom. The second-order valence-electron chi connectivity index (χ2n) is 8.28. The van der Waals surface area contributed by atoms with Crippen molar-refractivity contribution in [1.82, 2.24) is 0 Å². The van der Waals surface area contributed by atoms with Crippen molar-refractivity contribution in [3.8, 4) is 11.5 Å². The predicted molar refractivity (Wildman–Crippen MR) is 104 cm³/mol. The molecule has 1 aliphatic heterocycles. The van der Waals surface area contributed by atoms with Gasteiger partial charge < -0.3 is 14.8 Å². The van der Waals surface area contributed by atoms with Crippen LogP contribution in [0, 0.1) is 37.5 Å². The number of carbonyl (C=O) groups excluding carboxylic acids is 2. The molecule has 2 aliphatic carbocycles. The summed E-state index contributed by atoms with van der Waals surface area (Å²) in [7, 11) is 0. The number of rotatable bonds is 4. The third-order valence-corrected chi connectivity index (χ3v) is 6.62. The molecule has 5 heteroatoms. The van der Waals surface area contributed by atoms with Crippen LogP contribution in [0.4, 0.5) is 5.69 Å². The first-order valence-electron chi connectivity index (χ1n) is 9.86. The lowest BCUT2D eigenvalue weighted by molar-refractivity contribution is -0.145. The van der Waals surface area contributed by atoms with E-state index in [0.29, 0.717) is 11.4 Å². The minimum absolute atomic E-state index is 0.0494. The van der Waals surface area contributed by atoms with E-state index in [1.807, 2.05) is 42.5 Å². The van der Waals surface area contributed by atoms with Crippen molar-refractivity contribution in [3.05, 3.63) is 53.6 Å². The van der Waals surface area contributed by atoms with Gasteiger partial charge in [0.25, 0.3) is 0 Å². The Morgan fingerprint density at radius 1 is 1.04 bits per heavy atom. The molecule has 2 aromatic carbocycles. The summed E-state index contributed by atoms with van der Waals surface area (Å²) >= 11 is 0. The summed E-state index contributed by atoms with van der Waals surface area (Å²) in [6.45, 7) is 4.12. The van der Waals surface area contributed by atoms with E-state index in [4.69, 9.17) is 9.47 Å². The van der Waals surface area contributed by atoms with Gasteiger partial charge in [0, 0.05) is 11.6 Å². The molecule has 1 amide bonds. The van der Waals surface area contributed by atoms with Crippen LogP contribution in [0.15, 0.2) is 42.5 Å². The van der Waals surface area contributed by atoms with Crippen LogP contribution in [0.25, 0.3) is 0 Å². The molecular formula is C23H23NO4. The molecule has 28 heavy (non-hydrogen) atoms. The maximum absolute atomic E-state index is 12.8.